The average Bonchev–Trinajstić information content (AvgIpc) is 2.60. The molecule has 1 unspecified atom stereocenters. The highest BCUT2D eigenvalue weighted by Gasteiger charge is 2.54. The van der Waals surface area contributed by atoms with E-state index in [1.807, 2.05) is 0 Å². The van der Waals surface area contributed by atoms with Crippen molar-refractivity contribution >= 4 is 11.9 Å². The molecule has 0 aliphatic heterocycles. The van der Waals surface area contributed by atoms with Gasteiger partial charge in [-0.2, -0.15) is 0 Å². The highest BCUT2D eigenvalue weighted by Crippen LogP contribution is 2.52. The number of carbonyl (C=O) groups is 2. The molecule has 72 valence electrons. The van der Waals surface area contributed by atoms with E-state index in [-0.39, 0.29) is 11.8 Å². The van der Waals surface area contributed by atoms with Crippen molar-refractivity contribution in [3.05, 3.63) is 0 Å². The van der Waals surface area contributed by atoms with Crippen molar-refractivity contribution < 1.29 is 19.8 Å². The predicted octanol–water partition coefficient (Wildman–Crippen LogP) is 0.818. The molecule has 2 saturated carbocycles. The summed E-state index contributed by atoms with van der Waals surface area (Å²) in [6, 6.07) is 0. The van der Waals surface area contributed by atoms with Crippen LogP contribution in [-0.4, -0.2) is 22.2 Å². The lowest BCUT2D eigenvalue weighted by atomic mass is 9.79. The Hall–Kier alpha value is -1.06. The molecule has 2 rings (SSSR count). The van der Waals surface area contributed by atoms with Gasteiger partial charge in [-0.3, -0.25) is 9.59 Å². The van der Waals surface area contributed by atoms with Crippen LogP contribution in [0.15, 0.2) is 0 Å². The molecule has 0 spiro atoms. The lowest BCUT2D eigenvalue weighted by molar-refractivity contribution is -0.156. The molecule has 0 saturated heterocycles. The fourth-order valence-electron chi connectivity index (χ4n) is 3.00. The molecule has 0 aromatic rings. The summed E-state index contributed by atoms with van der Waals surface area (Å²) in [5, 5.41) is 17.8. The summed E-state index contributed by atoms with van der Waals surface area (Å²) >= 11 is 0. The lowest BCUT2D eigenvalue weighted by Gasteiger charge is -2.24. The Morgan fingerprint density at radius 1 is 0.923 bits per heavy atom. The number of rotatable bonds is 2. The summed E-state index contributed by atoms with van der Waals surface area (Å²) in [6.45, 7) is 0. The first-order valence-electron chi connectivity index (χ1n) is 4.57. The first-order chi connectivity index (χ1) is 6.11. The molecule has 0 aromatic heterocycles. The molecule has 2 aliphatic carbocycles. The Labute approximate surface area is 75.6 Å². The van der Waals surface area contributed by atoms with E-state index in [2.05, 4.69) is 0 Å². The highest BCUT2D eigenvalue weighted by atomic mass is 16.4. The Bertz CT molecular complexity index is 234. The van der Waals surface area contributed by atoms with Crippen LogP contribution >= 0.6 is 0 Å². The summed E-state index contributed by atoms with van der Waals surface area (Å²) < 4.78 is 0. The first kappa shape index (κ1) is 8.53. The van der Waals surface area contributed by atoms with Crippen molar-refractivity contribution in [2.75, 3.05) is 0 Å². The summed E-state index contributed by atoms with van der Waals surface area (Å²) in [6.07, 6.45) is 2.59. The Balaban J connectivity index is 2.24. The van der Waals surface area contributed by atoms with Crippen LogP contribution in [-0.2, 0) is 9.59 Å². The van der Waals surface area contributed by atoms with Crippen molar-refractivity contribution in [2.45, 2.75) is 19.3 Å². The molecule has 0 aromatic carbocycles. The molecule has 2 bridgehead atoms. The summed E-state index contributed by atoms with van der Waals surface area (Å²) in [7, 11) is 0. The third-order valence-corrected chi connectivity index (χ3v) is 3.49. The van der Waals surface area contributed by atoms with E-state index in [0.29, 0.717) is 0 Å². The minimum Gasteiger partial charge on any atom is -0.481 e. The predicted molar refractivity (Wildman–Crippen MR) is 43.1 cm³/mol. The quantitative estimate of drug-likeness (QED) is 0.666. The van der Waals surface area contributed by atoms with Crippen LogP contribution in [0, 0.1) is 23.7 Å². The van der Waals surface area contributed by atoms with Gasteiger partial charge in [0.25, 0.3) is 0 Å². The third-order valence-electron chi connectivity index (χ3n) is 3.49. The lowest BCUT2D eigenvalue weighted by Crippen LogP contribution is -2.34. The van der Waals surface area contributed by atoms with E-state index < -0.39 is 23.8 Å². The maximum Gasteiger partial charge on any atom is 0.307 e. The fraction of sp³-hybridized carbons (Fsp3) is 0.778. The molecule has 4 heteroatoms. The van der Waals surface area contributed by atoms with Crippen molar-refractivity contribution in [3.63, 3.8) is 0 Å². The minimum atomic E-state index is -0.931. The van der Waals surface area contributed by atoms with Crippen LogP contribution in [0.4, 0.5) is 0 Å². The smallest absolute Gasteiger partial charge is 0.307 e. The Morgan fingerprint density at radius 3 is 1.62 bits per heavy atom. The van der Waals surface area contributed by atoms with E-state index in [1.54, 1.807) is 0 Å². The number of fused-ring (bicyclic) bond motifs is 2. The van der Waals surface area contributed by atoms with Crippen molar-refractivity contribution in [1.82, 2.24) is 0 Å². The maximum absolute atomic E-state index is 10.8. The largest absolute Gasteiger partial charge is 0.481 e. The van der Waals surface area contributed by atoms with Crippen LogP contribution < -0.4 is 0 Å². The van der Waals surface area contributed by atoms with Crippen molar-refractivity contribution in [2.24, 2.45) is 23.7 Å². The number of hydrogen-bond donors (Lipinski definition) is 2. The molecule has 2 N–H and O–H groups in total. The normalized spacial score (nSPS) is 42.2. The third kappa shape index (κ3) is 1.12. The molecule has 2 aliphatic rings. The first-order valence-corrected chi connectivity index (χ1v) is 4.57. The SMILES string of the molecule is O=C(O)[C@@H]1[C@@H]2CCC(C2)[C@@H]1C(=O)O. The van der Waals surface area contributed by atoms with Gasteiger partial charge in [0.1, 0.15) is 0 Å². The standard InChI is InChI=1S/C9H12O4/c10-8(11)6-4-1-2-5(3-4)7(6)9(12)13/h4-7H,1-3H2,(H,10,11)(H,12,13)/t4-,5?,6-,7+/m1/s1. The summed E-state index contributed by atoms with van der Waals surface area (Å²) in [4.78, 5) is 21.7. The van der Waals surface area contributed by atoms with Crippen molar-refractivity contribution in [3.8, 4) is 0 Å². The molecule has 0 heterocycles. The highest BCUT2D eigenvalue weighted by molar-refractivity contribution is 5.81. The maximum atomic E-state index is 10.8. The zero-order chi connectivity index (χ0) is 9.59. The topological polar surface area (TPSA) is 74.6 Å². The van der Waals surface area contributed by atoms with E-state index in [1.165, 1.54) is 0 Å². The second kappa shape index (κ2) is 2.72. The van der Waals surface area contributed by atoms with E-state index in [9.17, 15) is 9.59 Å². The molecular weight excluding hydrogens is 172 g/mol. The Kier molecular flexibility index (Phi) is 1.78. The second-order valence-electron chi connectivity index (χ2n) is 4.06. The Morgan fingerprint density at radius 2 is 1.31 bits per heavy atom. The van der Waals surface area contributed by atoms with Gasteiger partial charge >= 0.3 is 11.9 Å². The number of carboxylic acid groups (broad SMARTS) is 2. The molecule has 4 atom stereocenters. The van der Waals surface area contributed by atoms with Gasteiger partial charge in [-0.05, 0) is 31.1 Å². The van der Waals surface area contributed by atoms with Gasteiger partial charge in [-0.1, -0.05) is 0 Å². The van der Waals surface area contributed by atoms with Crippen molar-refractivity contribution in [1.29, 1.82) is 0 Å². The van der Waals surface area contributed by atoms with Gasteiger partial charge in [0.2, 0.25) is 0 Å². The molecule has 2 fully saturated rings. The number of hydrogen-bond acceptors (Lipinski definition) is 2. The molecule has 0 amide bonds. The van der Waals surface area contributed by atoms with Gasteiger partial charge in [-0.15, -0.1) is 0 Å². The molecule has 13 heavy (non-hydrogen) atoms. The molecule has 4 nitrogen and oxygen atoms in total. The van der Waals surface area contributed by atoms with Crippen LogP contribution in [0.25, 0.3) is 0 Å². The summed E-state index contributed by atoms with van der Waals surface area (Å²) in [5.41, 5.74) is 0. The average molecular weight is 184 g/mol. The van der Waals surface area contributed by atoms with Crippen LogP contribution in [0.5, 0.6) is 0 Å². The fourth-order valence-corrected chi connectivity index (χ4v) is 3.00. The number of carboxylic acids is 2. The summed E-state index contributed by atoms with van der Waals surface area (Å²) in [5.74, 6) is -2.89. The van der Waals surface area contributed by atoms with Gasteiger partial charge < -0.3 is 10.2 Å². The monoisotopic (exact) mass is 184 g/mol. The van der Waals surface area contributed by atoms with Gasteiger partial charge in [0, 0.05) is 0 Å². The van der Waals surface area contributed by atoms with Gasteiger partial charge in [-0.25, -0.2) is 0 Å². The minimum absolute atomic E-state index is 0.114. The van der Waals surface area contributed by atoms with E-state index in [0.717, 1.165) is 19.3 Å². The van der Waals surface area contributed by atoms with E-state index >= 15 is 0 Å². The second-order valence-corrected chi connectivity index (χ2v) is 4.06. The molecule has 0 radical (unpaired) electrons. The van der Waals surface area contributed by atoms with Crippen LogP contribution in [0.1, 0.15) is 19.3 Å². The number of aliphatic carboxylic acids is 2. The zero-order valence-corrected chi connectivity index (χ0v) is 7.14. The van der Waals surface area contributed by atoms with Gasteiger partial charge in [0.15, 0.2) is 0 Å². The van der Waals surface area contributed by atoms with Gasteiger partial charge in [0.05, 0.1) is 11.8 Å². The zero-order valence-electron chi connectivity index (χ0n) is 7.14. The molecular formula is C9H12O4. The van der Waals surface area contributed by atoms with Crippen LogP contribution in [0.2, 0.25) is 0 Å². The van der Waals surface area contributed by atoms with E-state index in [4.69, 9.17) is 10.2 Å². The van der Waals surface area contributed by atoms with Crippen LogP contribution in [0.3, 0.4) is 0 Å².